The number of ether oxygens (including phenoxy) is 2. The minimum absolute atomic E-state index is 0.0690. The Morgan fingerprint density at radius 3 is 2.21 bits per heavy atom. The van der Waals surface area contributed by atoms with E-state index < -0.39 is 21.9 Å². The molecule has 2 N–H and O–H groups in total. The molecule has 0 aliphatic heterocycles. The van der Waals surface area contributed by atoms with Crippen LogP contribution in [0.15, 0.2) is 47.4 Å². The van der Waals surface area contributed by atoms with Crippen LogP contribution in [0, 0.1) is 0 Å². The van der Waals surface area contributed by atoms with Gasteiger partial charge in [0.25, 0.3) is 5.91 Å². The van der Waals surface area contributed by atoms with Crippen molar-refractivity contribution >= 4 is 27.6 Å². The van der Waals surface area contributed by atoms with E-state index in [-0.39, 0.29) is 22.3 Å². The molecule has 0 saturated heterocycles. The molecule has 2 aromatic carbocycles. The van der Waals surface area contributed by atoms with Crippen molar-refractivity contribution in [2.75, 3.05) is 19.5 Å². The molecule has 1 aliphatic carbocycles. The maximum Gasteiger partial charge on any atom is 0.337 e. The summed E-state index contributed by atoms with van der Waals surface area (Å²) in [5.41, 5.74) is 0.965. The number of carbonyl (C=O) groups is 2. The van der Waals surface area contributed by atoms with Gasteiger partial charge >= 0.3 is 5.97 Å². The van der Waals surface area contributed by atoms with Crippen LogP contribution in [0.5, 0.6) is 5.75 Å². The van der Waals surface area contributed by atoms with E-state index in [0.29, 0.717) is 11.3 Å². The van der Waals surface area contributed by atoms with Gasteiger partial charge in [0.1, 0.15) is 10.6 Å². The number of amides is 1. The highest BCUT2D eigenvalue weighted by Gasteiger charge is 2.30. The summed E-state index contributed by atoms with van der Waals surface area (Å²) in [4.78, 5) is 23.9. The van der Waals surface area contributed by atoms with Gasteiger partial charge in [-0.1, -0.05) is 0 Å². The predicted molar refractivity (Wildman–Crippen MR) is 102 cm³/mol. The van der Waals surface area contributed by atoms with Crippen LogP contribution < -0.4 is 14.8 Å². The minimum Gasteiger partial charge on any atom is -0.495 e. The van der Waals surface area contributed by atoms with Crippen LogP contribution in [0.4, 0.5) is 5.69 Å². The maximum atomic E-state index is 12.6. The molecule has 0 aromatic heterocycles. The second kappa shape index (κ2) is 7.99. The topological polar surface area (TPSA) is 111 Å². The quantitative estimate of drug-likeness (QED) is 0.685. The summed E-state index contributed by atoms with van der Waals surface area (Å²) < 4.78 is 37.5. The van der Waals surface area contributed by atoms with E-state index in [9.17, 15) is 18.0 Å². The summed E-state index contributed by atoms with van der Waals surface area (Å²) in [7, 11) is -1.14. The number of carbonyl (C=O) groups excluding carboxylic acids is 2. The van der Waals surface area contributed by atoms with Gasteiger partial charge in [0.05, 0.1) is 19.8 Å². The fourth-order valence-electron chi connectivity index (χ4n) is 2.52. The molecule has 2 aromatic rings. The molecule has 8 nitrogen and oxygen atoms in total. The lowest BCUT2D eigenvalue weighted by Crippen LogP contribution is -2.26. The van der Waals surface area contributed by atoms with E-state index in [0.717, 1.165) is 12.8 Å². The Morgan fingerprint density at radius 1 is 1.00 bits per heavy atom. The lowest BCUT2D eigenvalue weighted by molar-refractivity contribution is 0.0600. The molecule has 1 saturated carbocycles. The number of rotatable bonds is 7. The summed E-state index contributed by atoms with van der Waals surface area (Å²) in [6.45, 7) is 0. The third-order valence-electron chi connectivity index (χ3n) is 4.18. The van der Waals surface area contributed by atoms with E-state index in [1.807, 2.05) is 0 Å². The first kappa shape index (κ1) is 19.8. The van der Waals surface area contributed by atoms with Crippen LogP contribution in [-0.4, -0.2) is 40.6 Å². The van der Waals surface area contributed by atoms with E-state index in [2.05, 4.69) is 14.8 Å². The van der Waals surface area contributed by atoms with Crippen molar-refractivity contribution in [1.29, 1.82) is 0 Å². The third-order valence-corrected chi connectivity index (χ3v) is 5.72. The summed E-state index contributed by atoms with van der Waals surface area (Å²) >= 11 is 0. The van der Waals surface area contributed by atoms with E-state index in [1.54, 1.807) is 12.1 Å². The Labute approximate surface area is 162 Å². The van der Waals surface area contributed by atoms with Crippen molar-refractivity contribution in [2.45, 2.75) is 23.8 Å². The number of esters is 1. The van der Waals surface area contributed by atoms with Crippen molar-refractivity contribution in [2.24, 2.45) is 0 Å². The molecule has 1 amide bonds. The molecule has 28 heavy (non-hydrogen) atoms. The smallest absolute Gasteiger partial charge is 0.337 e. The van der Waals surface area contributed by atoms with Crippen LogP contribution in [-0.2, 0) is 14.8 Å². The standard InChI is InChI=1S/C19H20N2O6S/c1-26-16-10-5-13(11-17(16)28(24,25)21-15-8-9-15)18(22)20-14-6-3-12(4-7-14)19(23)27-2/h3-7,10-11,15,21H,8-9H2,1-2H3,(H,20,22). The second-order valence-corrected chi connectivity index (χ2v) is 7.97. The Bertz CT molecular complexity index is 998. The van der Waals surface area contributed by atoms with Crippen molar-refractivity contribution in [3.05, 3.63) is 53.6 Å². The Hall–Kier alpha value is -2.91. The molecule has 0 bridgehead atoms. The fourth-order valence-corrected chi connectivity index (χ4v) is 4.02. The molecule has 0 radical (unpaired) electrons. The SMILES string of the molecule is COC(=O)c1ccc(NC(=O)c2ccc(OC)c(S(=O)(=O)NC3CC3)c2)cc1. The number of hydrogen-bond acceptors (Lipinski definition) is 6. The van der Waals surface area contributed by atoms with Crippen molar-refractivity contribution in [1.82, 2.24) is 4.72 Å². The summed E-state index contributed by atoms with van der Waals surface area (Å²) in [6.07, 6.45) is 1.59. The second-order valence-electron chi connectivity index (χ2n) is 6.28. The number of methoxy groups -OCH3 is 2. The summed E-state index contributed by atoms with van der Waals surface area (Å²) in [5, 5.41) is 2.66. The first-order valence-corrected chi connectivity index (χ1v) is 10.0. The van der Waals surface area contributed by atoms with Crippen LogP contribution >= 0.6 is 0 Å². The first-order valence-electron chi connectivity index (χ1n) is 8.54. The molecule has 1 aliphatic rings. The molecule has 0 spiro atoms. The number of anilines is 1. The van der Waals surface area contributed by atoms with Crippen molar-refractivity contribution in [3.63, 3.8) is 0 Å². The molecule has 9 heteroatoms. The Balaban J connectivity index is 1.81. The molecule has 0 atom stereocenters. The molecule has 3 rings (SSSR count). The zero-order valence-electron chi connectivity index (χ0n) is 15.4. The maximum absolute atomic E-state index is 12.6. The van der Waals surface area contributed by atoms with Crippen LogP contribution in [0.3, 0.4) is 0 Å². The largest absolute Gasteiger partial charge is 0.495 e. The van der Waals surface area contributed by atoms with Gasteiger partial charge in [-0.3, -0.25) is 4.79 Å². The summed E-state index contributed by atoms with van der Waals surface area (Å²) in [5.74, 6) is -0.811. The number of hydrogen-bond donors (Lipinski definition) is 2. The van der Waals surface area contributed by atoms with E-state index in [4.69, 9.17) is 4.74 Å². The highest BCUT2D eigenvalue weighted by atomic mass is 32.2. The van der Waals surface area contributed by atoms with Gasteiger partial charge in [-0.05, 0) is 55.3 Å². The van der Waals surface area contributed by atoms with Gasteiger partial charge in [-0.25, -0.2) is 17.9 Å². The van der Waals surface area contributed by atoms with Crippen LogP contribution in [0.1, 0.15) is 33.6 Å². The van der Waals surface area contributed by atoms with Gasteiger partial charge in [0, 0.05) is 17.3 Å². The van der Waals surface area contributed by atoms with Crippen LogP contribution in [0.25, 0.3) is 0 Å². The monoisotopic (exact) mass is 404 g/mol. The molecular weight excluding hydrogens is 384 g/mol. The molecule has 1 fully saturated rings. The minimum atomic E-state index is -3.79. The van der Waals surface area contributed by atoms with Gasteiger partial charge in [0.15, 0.2) is 0 Å². The Kier molecular flexibility index (Phi) is 5.66. The first-order chi connectivity index (χ1) is 13.3. The zero-order valence-corrected chi connectivity index (χ0v) is 16.2. The highest BCUT2D eigenvalue weighted by Crippen LogP contribution is 2.28. The lowest BCUT2D eigenvalue weighted by atomic mass is 10.1. The average Bonchev–Trinajstić information content (AvgIpc) is 3.50. The molecule has 0 unspecified atom stereocenters. The average molecular weight is 404 g/mol. The van der Waals surface area contributed by atoms with E-state index >= 15 is 0 Å². The number of nitrogens with one attached hydrogen (secondary N) is 2. The lowest BCUT2D eigenvalue weighted by Gasteiger charge is -2.12. The molecular formula is C19H20N2O6S. The number of sulfonamides is 1. The van der Waals surface area contributed by atoms with Gasteiger partial charge in [0.2, 0.25) is 10.0 Å². The highest BCUT2D eigenvalue weighted by molar-refractivity contribution is 7.89. The van der Waals surface area contributed by atoms with Crippen molar-refractivity contribution in [3.8, 4) is 5.75 Å². The number of benzene rings is 2. The van der Waals surface area contributed by atoms with Crippen LogP contribution in [0.2, 0.25) is 0 Å². The van der Waals surface area contributed by atoms with E-state index in [1.165, 1.54) is 44.6 Å². The van der Waals surface area contributed by atoms with Gasteiger partial charge in [-0.15, -0.1) is 0 Å². The van der Waals surface area contributed by atoms with Gasteiger partial charge < -0.3 is 14.8 Å². The normalized spacial score (nSPS) is 13.6. The molecule has 148 valence electrons. The van der Waals surface area contributed by atoms with Crippen molar-refractivity contribution < 1.29 is 27.5 Å². The van der Waals surface area contributed by atoms with Gasteiger partial charge in [-0.2, -0.15) is 0 Å². The fraction of sp³-hybridized carbons (Fsp3) is 0.263. The third kappa shape index (κ3) is 4.49. The predicted octanol–water partition coefficient (Wildman–Crippen LogP) is 2.17. The Morgan fingerprint density at radius 2 is 1.64 bits per heavy atom. The summed E-state index contributed by atoms with van der Waals surface area (Å²) in [6, 6.07) is 10.3. The zero-order chi connectivity index (χ0) is 20.3. The molecule has 0 heterocycles.